The minimum absolute atomic E-state index is 0.0683. The van der Waals surface area contributed by atoms with Crippen LogP contribution in [0.25, 0.3) is 10.6 Å². The second-order valence-corrected chi connectivity index (χ2v) is 11.4. The number of nitrogens with one attached hydrogen (secondary N) is 1. The van der Waals surface area contributed by atoms with Crippen LogP contribution in [0.3, 0.4) is 0 Å². The molecule has 1 aliphatic rings. The number of phenolic OH excluding ortho intramolecular Hbond substituents is 1. The molecular weight excluding hydrogens is 507 g/mol. The van der Waals surface area contributed by atoms with E-state index < -0.39 is 17.9 Å². The third-order valence-corrected chi connectivity index (χ3v) is 7.58. The van der Waals surface area contributed by atoms with Crippen LogP contribution in [0.5, 0.6) is 11.5 Å². The monoisotopic (exact) mass is 537 g/mol. The van der Waals surface area contributed by atoms with Gasteiger partial charge in [-0.05, 0) is 76.6 Å². The van der Waals surface area contributed by atoms with Gasteiger partial charge in [0.05, 0.1) is 5.56 Å². The third kappa shape index (κ3) is 5.90. The number of aromatic hydroxyl groups is 1. The predicted octanol–water partition coefficient (Wildman–Crippen LogP) is 5.48. The number of benzene rings is 1. The number of halogens is 3. The number of anilines is 1. The molecular formula is C25H30F3N5O3S. The molecule has 3 aromatic rings. The molecule has 2 aromatic heterocycles. The van der Waals surface area contributed by atoms with Gasteiger partial charge in [0, 0.05) is 36.5 Å². The van der Waals surface area contributed by atoms with Crippen molar-refractivity contribution in [1.29, 1.82) is 0 Å². The van der Waals surface area contributed by atoms with Crippen LogP contribution in [0.4, 0.5) is 18.3 Å². The van der Waals surface area contributed by atoms with Crippen molar-refractivity contribution in [1.82, 2.24) is 20.2 Å². The molecule has 37 heavy (non-hydrogen) atoms. The van der Waals surface area contributed by atoms with Crippen LogP contribution in [-0.4, -0.2) is 49.8 Å². The highest BCUT2D eigenvalue weighted by atomic mass is 32.1. The fourth-order valence-electron chi connectivity index (χ4n) is 5.38. The Hall–Kier alpha value is -3.12. The Bertz CT molecular complexity index is 1320. The summed E-state index contributed by atoms with van der Waals surface area (Å²) >= 11 is 1.22. The maximum atomic E-state index is 12.9. The lowest BCUT2D eigenvalue weighted by atomic mass is 9.81. The summed E-state index contributed by atoms with van der Waals surface area (Å²) in [5.41, 5.74) is 0.488. The number of hydrogen-bond donors (Lipinski definition) is 2. The van der Waals surface area contributed by atoms with Gasteiger partial charge < -0.3 is 14.8 Å². The van der Waals surface area contributed by atoms with Crippen LogP contribution >= 0.6 is 11.3 Å². The SMILES string of the molecule is CN(c1nnc(-c2c(O)cc(OC(F)(F)F)cc2Cc2cc[nH]c(=O)c2)s1)N1C(C)(C)CCCC1(C)C. The van der Waals surface area contributed by atoms with Gasteiger partial charge in [0.15, 0.2) is 5.01 Å². The van der Waals surface area contributed by atoms with Gasteiger partial charge in [-0.25, -0.2) is 5.01 Å². The first-order valence-electron chi connectivity index (χ1n) is 11.8. The van der Waals surface area contributed by atoms with Crippen molar-refractivity contribution in [2.24, 2.45) is 0 Å². The van der Waals surface area contributed by atoms with E-state index in [1.54, 1.807) is 6.07 Å². The maximum Gasteiger partial charge on any atom is 0.573 e. The minimum atomic E-state index is -4.93. The van der Waals surface area contributed by atoms with Crippen LogP contribution in [0.1, 0.15) is 58.1 Å². The lowest BCUT2D eigenvalue weighted by Crippen LogP contribution is -2.64. The standard InChI is InChI=1S/C25H30F3N5O3S/c1-23(2)8-6-9-24(3,4)33(23)32(5)22-31-30-21(37-22)20-16(11-15-7-10-29-19(35)12-15)13-17(14-18(20)34)36-25(26,27)28/h7,10,12-14,34H,6,8-9,11H2,1-5H3,(H,29,35). The summed E-state index contributed by atoms with van der Waals surface area (Å²) in [6.45, 7) is 8.71. The quantitative estimate of drug-likeness (QED) is 0.430. The van der Waals surface area contributed by atoms with E-state index in [9.17, 15) is 23.1 Å². The Kier molecular flexibility index (Phi) is 7.02. The minimum Gasteiger partial charge on any atom is -0.507 e. The number of alkyl halides is 3. The fraction of sp³-hybridized carbons (Fsp3) is 0.480. The van der Waals surface area contributed by atoms with Crippen molar-refractivity contribution in [3.63, 3.8) is 0 Å². The summed E-state index contributed by atoms with van der Waals surface area (Å²) < 4.78 is 42.8. The molecule has 0 spiro atoms. The predicted molar refractivity (Wildman–Crippen MR) is 136 cm³/mol. The van der Waals surface area contributed by atoms with Gasteiger partial charge >= 0.3 is 6.36 Å². The fourth-order valence-corrected chi connectivity index (χ4v) is 6.27. The number of phenols is 1. The zero-order valence-electron chi connectivity index (χ0n) is 21.3. The number of piperidine rings is 1. The number of ether oxygens (including phenoxy) is 1. The van der Waals surface area contributed by atoms with Crippen molar-refractivity contribution >= 4 is 16.5 Å². The van der Waals surface area contributed by atoms with Gasteiger partial charge in [-0.3, -0.25) is 9.80 Å². The molecule has 2 N–H and O–H groups in total. The molecule has 1 aromatic carbocycles. The largest absolute Gasteiger partial charge is 0.573 e. The first-order chi connectivity index (χ1) is 17.2. The van der Waals surface area contributed by atoms with E-state index in [1.807, 2.05) is 12.1 Å². The summed E-state index contributed by atoms with van der Waals surface area (Å²) in [6.07, 6.45) is -0.284. The Balaban J connectivity index is 1.76. The highest BCUT2D eigenvalue weighted by molar-refractivity contribution is 7.18. The van der Waals surface area contributed by atoms with E-state index in [2.05, 4.69) is 52.6 Å². The number of H-pyrrole nitrogens is 1. The van der Waals surface area contributed by atoms with E-state index in [1.165, 1.54) is 29.7 Å². The summed E-state index contributed by atoms with van der Waals surface area (Å²) in [5.74, 6) is -0.988. The number of aromatic nitrogens is 3. The Morgan fingerprint density at radius 2 is 1.84 bits per heavy atom. The summed E-state index contributed by atoms with van der Waals surface area (Å²) in [5, 5.41) is 24.6. The van der Waals surface area contributed by atoms with Gasteiger partial charge in [-0.15, -0.1) is 23.4 Å². The van der Waals surface area contributed by atoms with Gasteiger partial charge in [0.2, 0.25) is 10.7 Å². The molecule has 0 amide bonds. The maximum absolute atomic E-state index is 12.9. The van der Waals surface area contributed by atoms with Gasteiger partial charge in [0.25, 0.3) is 0 Å². The number of hydrazine groups is 1. The first kappa shape index (κ1) is 26.9. The smallest absolute Gasteiger partial charge is 0.507 e. The van der Waals surface area contributed by atoms with Crippen molar-refractivity contribution in [3.8, 4) is 22.1 Å². The van der Waals surface area contributed by atoms with Gasteiger partial charge in [-0.1, -0.05) is 11.3 Å². The van der Waals surface area contributed by atoms with Gasteiger partial charge in [-0.2, -0.15) is 0 Å². The van der Waals surface area contributed by atoms with Crippen molar-refractivity contribution in [2.45, 2.75) is 70.8 Å². The molecule has 1 fully saturated rings. The second-order valence-electron chi connectivity index (χ2n) is 10.5. The highest BCUT2D eigenvalue weighted by Gasteiger charge is 2.44. The van der Waals surface area contributed by atoms with Crippen molar-refractivity contribution < 1.29 is 23.0 Å². The molecule has 0 unspecified atom stereocenters. The first-order valence-corrected chi connectivity index (χ1v) is 12.6. The molecule has 8 nitrogen and oxygen atoms in total. The molecule has 1 saturated heterocycles. The zero-order chi connectivity index (χ0) is 27.2. The Morgan fingerprint density at radius 3 is 2.46 bits per heavy atom. The molecule has 200 valence electrons. The van der Waals surface area contributed by atoms with Crippen LogP contribution in [0, 0.1) is 0 Å². The molecule has 0 bridgehead atoms. The Labute approximate surface area is 216 Å². The van der Waals surface area contributed by atoms with Crippen LogP contribution in [0.2, 0.25) is 0 Å². The lowest BCUT2D eigenvalue weighted by molar-refractivity contribution is -0.274. The van der Waals surface area contributed by atoms with E-state index >= 15 is 0 Å². The van der Waals surface area contributed by atoms with E-state index in [0.29, 0.717) is 21.3 Å². The van der Waals surface area contributed by atoms with Crippen LogP contribution < -0.4 is 15.3 Å². The molecule has 0 radical (unpaired) electrons. The topological polar surface area (TPSA) is 94.6 Å². The lowest BCUT2D eigenvalue weighted by Gasteiger charge is -2.55. The van der Waals surface area contributed by atoms with Crippen molar-refractivity contribution in [3.05, 3.63) is 51.9 Å². The average Bonchev–Trinajstić information content (AvgIpc) is 3.20. The summed E-state index contributed by atoms with van der Waals surface area (Å²) in [6, 6.07) is 5.09. The summed E-state index contributed by atoms with van der Waals surface area (Å²) in [4.78, 5) is 14.3. The molecule has 1 aliphatic heterocycles. The van der Waals surface area contributed by atoms with E-state index in [-0.39, 0.29) is 28.6 Å². The molecule has 0 saturated carbocycles. The normalized spacial score (nSPS) is 17.5. The number of aromatic amines is 1. The number of nitrogens with zero attached hydrogens (tertiary/aromatic N) is 4. The summed E-state index contributed by atoms with van der Waals surface area (Å²) in [7, 11) is 1.91. The van der Waals surface area contributed by atoms with E-state index in [0.717, 1.165) is 25.3 Å². The zero-order valence-corrected chi connectivity index (χ0v) is 22.1. The molecule has 4 rings (SSSR count). The van der Waals surface area contributed by atoms with Crippen molar-refractivity contribution in [2.75, 3.05) is 12.1 Å². The number of pyridine rings is 1. The van der Waals surface area contributed by atoms with E-state index in [4.69, 9.17) is 0 Å². The number of rotatable bonds is 6. The molecule has 12 heteroatoms. The van der Waals surface area contributed by atoms with Crippen LogP contribution in [0.15, 0.2) is 35.3 Å². The van der Waals surface area contributed by atoms with Gasteiger partial charge in [0.1, 0.15) is 11.5 Å². The molecule has 0 aliphatic carbocycles. The van der Waals surface area contributed by atoms with Crippen LogP contribution in [-0.2, 0) is 6.42 Å². The molecule has 3 heterocycles. The average molecular weight is 538 g/mol. The second kappa shape index (κ2) is 9.64. The Morgan fingerprint density at radius 1 is 1.16 bits per heavy atom. The molecule has 0 atom stereocenters. The third-order valence-electron chi connectivity index (χ3n) is 6.57. The number of hydrogen-bond acceptors (Lipinski definition) is 8. The highest BCUT2D eigenvalue weighted by Crippen LogP contribution is 2.44.